The van der Waals surface area contributed by atoms with Crippen LogP contribution in [0.15, 0.2) is 36.9 Å². The Morgan fingerprint density at radius 3 is 1.78 bits per heavy atom. The second-order valence-corrected chi connectivity index (χ2v) is 19.2. The van der Waals surface area contributed by atoms with Crippen LogP contribution < -0.4 is 16.0 Å². The molecule has 0 saturated heterocycles. The molecular formula is C39H44N8O4S4. The predicted octanol–water partition coefficient (Wildman–Crippen LogP) is 9.59. The van der Waals surface area contributed by atoms with Crippen molar-refractivity contribution in [2.75, 3.05) is 10.6 Å². The number of aromatic nitrogens is 4. The van der Waals surface area contributed by atoms with Crippen molar-refractivity contribution in [1.29, 1.82) is 0 Å². The summed E-state index contributed by atoms with van der Waals surface area (Å²) in [6.45, 7) is 17.1. The number of pyridine rings is 2. The van der Waals surface area contributed by atoms with Gasteiger partial charge in [0.2, 0.25) is 11.8 Å². The third kappa shape index (κ3) is 8.01. The van der Waals surface area contributed by atoms with E-state index in [1.165, 1.54) is 28.7 Å². The van der Waals surface area contributed by atoms with Gasteiger partial charge in [0.15, 0.2) is 0 Å². The Hall–Kier alpha value is -4.35. The Kier molecular flexibility index (Phi) is 10.8. The van der Waals surface area contributed by atoms with Crippen molar-refractivity contribution in [3.05, 3.63) is 57.8 Å². The summed E-state index contributed by atoms with van der Waals surface area (Å²) in [5.74, 6) is -0.182. The molecular weight excluding hydrogens is 773 g/mol. The van der Waals surface area contributed by atoms with Crippen molar-refractivity contribution < 1.29 is 19.1 Å². The minimum Gasteiger partial charge on any atom is -0.444 e. The Morgan fingerprint density at radius 2 is 1.29 bits per heavy atom. The monoisotopic (exact) mass is 816 g/mol. The van der Waals surface area contributed by atoms with Crippen molar-refractivity contribution in [2.24, 2.45) is 0 Å². The minimum absolute atomic E-state index is 0.0491. The van der Waals surface area contributed by atoms with E-state index in [9.17, 15) is 14.4 Å². The van der Waals surface area contributed by atoms with Gasteiger partial charge in [-0.1, -0.05) is 0 Å². The number of ether oxygens (including phenoxy) is 1. The van der Waals surface area contributed by atoms with Crippen LogP contribution in [0.2, 0.25) is 0 Å². The highest BCUT2D eigenvalue weighted by atomic mass is 32.1. The zero-order valence-corrected chi connectivity index (χ0v) is 35.5. The van der Waals surface area contributed by atoms with E-state index in [-0.39, 0.29) is 36.0 Å². The average molecular weight is 817 g/mol. The summed E-state index contributed by atoms with van der Waals surface area (Å²) in [5, 5.41) is 13.1. The first-order chi connectivity index (χ1) is 26.1. The van der Waals surface area contributed by atoms with E-state index in [0.29, 0.717) is 12.5 Å². The molecule has 2 aliphatic heterocycles. The van der Waals surface area contributed by atoms with Gasteiger partial charge in [-0.25, -0.2) is 14.8 Å². The molecule has 2 aliphatic rings. The van der Waals surface area contributed by atoms with E-state index < -0.39 is 5.60 Å². The number of hydrogen-bond acceptors (Lipinski definition) is 13. The summed E-state index contributed by atoms with van der Waals surface area (Å²) in [6, 6.07) is 4.40. The van der Waals surface area contributed by atoms with E-state index in [4.69, 9.17) is 14.7 Å². The Balaban J connectivity index is 0.000000174. The summed E-state index contributed by atoms with van der Waals surface area (Å²) in [6.07, 6.45) is 8.37. The molecule has 0 radical (unpaired) electrons. The third-order valence-electron chi connectivity index (χ3n) is 9.28. The fraction of sp³-hybridized carbons (Fsp3) is 0.410. The summed E-state index contributed by atoms with van der Waals surface area (Å²) in [5.41, 5.74) is 5.68. The first-order valence-electron chi connectivity index (χ1n) is 18.1. The molecule has 6 aromatic heterocycles. The topological polar surface area (TPSA) is 151 Å². The minimum atomic E-state index is -0.562. The Labute approximate surface area is 335 Å². The number of anilines is 2. The molecule has 16 heteroatoms. The number of fused-ring (bicyclic) bond motifs is 4. The normalized spacial score (nSPS) is 19.3. The maximum absolute atomic E-state index is 12.9. The van der Waals surface area contributed by atoms with Gasteiger partial charge in [0.1, 0.15) is 36.7 Å². The maximum Gasteiger partial charge on any atom is 0.411 e. The molecule has 4 atom stereocenters. The lowest BCUT2D eigenvalue weighted by Gasteiger charge is -2.39. The van der Waals surface area contributed by atoms with Crippen LogP contribution in [0.4, 0.5) is 14.8 Å². The summed E-state index contributed by atoms with van der Waals surface area (Å²) < 4.78 is 7.83. The highest BCUT2D eigenvalue weighted by molar-refractivity contribution is 7.23. The smallest absolute Gasteiger partial charge is 0.411 e. The van der Waals surface area contributed by atoms with Gasteiger partial charge in [0, 0.05) is 65.2 Å². The van der Waals surface area contributed by atoms with Crippen LogP contribution in [0.1, 0.15) is 95.3 Å². The molecule has 288 valence electrons. The van der Waals surface area contributed by atoms with Gasteiger partial charge in [-0.3, -0.25) is 24.5 Å². The lowest BCUT2D eigenvalue weighted by molar-refractivity contribution is -0.115. The number of rotatable bonds is 4. The molecule has 0 spiro atoms. The first-order valence-corrected chi connectivity index (χ1v) is 21.4. The van der Waals surface area contributed by atoms with Gasteiger partial charge in [-0.2, -0.15) is 0 Å². The Bertz CT molecular complexity index is 2360. The van der Waals surface area contributed by atoms with Gasteiger partial charge in [-0.05, 0) is 84.6 Å². The molecule has 0 saturated carbocycles. The summed E-state index contributed by atoms with van der Waals surface area (Å²) >= 11 is 6.42. The summed E-state index contributed by atoms with van der Waals surface area (Å²) in [4.78, 5) is 58.6. The first kappa shape index (κ1) is 38.9. The number of thiophene rings is 2. The van der Waals surface area contributed by atoms with Crippen molar-refractivity contribution in [3.8, 4) is 21.1 Å². The van der Waals surface area contributed by atoms with Crippen LogP contribution in [0.3, 0.4) is 0 Å². The van der Waals surface area contributed by atoms with Crippen LogP contribution in [0, 0.1) is 0 Å². The zero-order valence-electron chi connectivity index (χ0n) is 32.2. The van der Waals surface area contributed by atoms with Gasteiger partial charge in [0.05, 0.1) is 27.8 Å². The fourth-order valence-corrected chi connectivity index (χ4v) is 12.0. The molecule has 0 unspecified atom stereocenters. The standard InChI is InChI=1S/C22H26N4O3S2.C17H18N4OS2/c1-11-9-14-17(20-25-15-10-23-8-7-16(15)30-20)19(24-13(3)27)31-18(14)12(2)26(11)21(28)29-22(4,5)6;1-8-6-11-14(17-21-12-7-18-5-4-13(12)23-17)16(20-10(3)22)24-15(11)9(2)19-8/h7-8,10-12H,9H2,1-6H3,(H,24,27);4-5,7-9,19H,6H2,1-3H3,(H,20,22)/t11-,12-;8-,9-/m00/s1. The van der Waals surface area contributed by atoms with Crippen molar-refractivity contribution >= 4 is 93.7 Å². The van der Waals surface area contributed by atoms with Crippen LogP contribution in [0.5, 0.6) is 0 Å². The molecule has 8 rings (SSSR count). The number of amides is 3. The quantitative estimate of drug-likeness (QED) is 0.158. The van der Waals surface area contributed by atoms with E-state index >= 15 is 0 Å². The molecule has 0 aromatic carbocycles. The molecule has 12 nitrogen and oxygen atoms in total. The summed E-state index contributed by atoms with van der Waals surface area (Å²) in [7, 11) is 0. The maximum atomic E-state index is 12.9. The number of nitrogens with one attached hydrogen (secondary N) is 3. The predicted molar refractivity (Wildman–Crippen MR) is 224 cm³/mol. The molecule has 8 heterocycles. The van der Waals surface area contributed by atoms with E-state index in [0.717, 1.165) is 68.4 Å². The molecule has 6 aromatic rings. The largest absolute Gasteiger partial charge is 0.444 e. The third-order valence-corrected chi connectivity index (χ3v) is 14.0. The fourth-order valence-electron chi connectivity index (χ4n) is 7.20. The van der Waals surface area contributed by atoms with Crippen molar-refractivity contribution in [1.82, 2.24) is 30.2 Å². The highest BCUT2D eigenvalue weighted by Gasteiger charge is 2.39. The second-order valence-electron chi connectivity index (χ2n) is 15.0. The molecule has 0 bridgehead atoms. The molecule has 3 N–H and O–H groups in total. The Morgan fingerprint density at radius 1 is 0.782 bits per heavy atom. The molecule has 3 amide bonds. The number of nitrogens with zero attached hydrogens (tertiary/aromatic N) is 5. The van der Waals surface area contributed by atoms with Crippen LogP contribution in [-0.4, -0.2) is 60.4 Å². The van der Waals surface area contributed by atoms with Crippen LogP contribution in [-0.2, 0) is 27.2 Å². The van der Waals surface area contributed by atoms with E-state index in [1.54, 1.807) is 70.6 Å². The SMILES string of the molecule is CC(=O)Nc1sc2c(c1-c1nc3cnccc3s1)C[C@H](C)N(C(=O)OC(C)(C)C)[C@H]2C.CC(=O)Nc1sc2c(c1-c1nc3cnccc3s1)C[C@H](C)N[C@H]2C. The zero-order chi connectivity index (χ0) is 39.3. The van der Waals surface area contributed by atoms with Gasteiger partial charge in [0.25, 0.3) is 0 Å². The molecule has 55 heavy (non-hydrogen) atoms. The van der Waals surface area contributed by atoms with E-state index in [2.05, 4.69) is 39.8 Å². The van der Waals surface area contributed by atoms with Crippen molar-refractivity contribution in [3.63, 3.8) is 0 Å². The number of hydrogen-bond donors (Lipinski definition) is 3. The lowest BCUT2D eigenvalue weighted by atomic mass is 9.93. The van der Waals surface area contributed by atoms with E-state index in [1.807, 2.05) is 46.8 Å². The number of carbonyl (C=O) groups is 3. The lowest BCUT2D eigenvalue weighted by Crippen LogP contribution is -2.46. The van der Waals surface area contributed by atoms with Crippen molar-refractivity contribution in [2.45, 2.75) is 105 Å². The number of carbonyl (C=O) groups excluding carboxylic acids is 3. The molecule has 0 aliphatic carbocycles. The van der Waals surface area contributed by atoms with Crippen LogP contribution in [0.25, 0.3) is 41.6 Å². The number of thiazole rings is 2. The highest BCUT2D eigenvalue weighted by Crippen LogP contribution is 2.50. The molecule has 0 fully saturated rings. The van der Waals surface area contributed by atoms with Gasteiger partial charge < -0.3 is 20.7 Å². The average Bonchev–Trinajstić information content (AvgIpc) is 3.86. The van der Waals surface area contributed by atoms with Gasteiger partial charge in [-0.15, -0.1) is 45.3 Å². The van der Waals surface area contributed by atoms with Crippen LogP contribution >= 0.6 is 45.3 Å². The van der Waals surface area contributed by atoms with Gasteiger partial charge >= 0.3 is 6.09 Å². The second kappa shape index (κ2) is 15.3.